The number of carbonyl (C=O) groups is 2. The van der Waals surface area contributed by atoms with Gasteiger partial charge in [0.15, 0.2) is 5.76 Å². The number of hydrogen-bond donors (Lipinski definition) is 1. The van der Waals surface area contributed by atoms with Crippen molar-refractivity contribution in [3.05, 3.63) is 120 Å². The van der Waals surface area contributed by atoms with Gasteiger partial charge in [0.1, 0.15) is 22.8 Å². The van der Waals surface area contributed by atoms with Crippen molar-refractivity contribution in [2.24, 2.45) is 0 Å². The van der Waals surface area contributed by atoms with E-state index in [1.165, 1.54) is 4.90 Å². The zero-order chi connectivity index (χ0) is 28.5. The minimum absolute atomic E-state index is 0.0126. The molecule has 1 atom stereocenters. The molecule has 9 heteroatoms. The Balaban J connectivity index is 1.44. The Morgan fingerprint density at radius 3 is 2.51 bits per heavy atom. The first kappa shape index (κ1) is 26.1. The standard InChI is InChI=1S/C32H29N5O4/c1-21-9-7-16-36-22(2)27(34-31(21)36)29(38)26-28(23-10-6-13-25(19-23)41-24-11-4-3-5-12-24)37(32(40)30(26)39)17-8-15-35-18-14-33-20-35/h3-7,9-14,16,18-20,28,38H,8,15,17H2,1-2H3/b29-26+. The Morgan fingerprint density at radius 1 is 0.951 bits per heavy atom. The van der Waals surface area contributed by atoms with Gasteiger partial charge in [0, 0.05) is 31.7 Å². The summed E-state index contributed by atoms with van der Waals surface area (Å²) in [6.45, 7) is 4.69. The van der Waals surface area contributed by atoms with Gasteiger partial charge < -0.3 is 23.7 Å². The van der Waals surface area contributed by atoms with E-state index in [0.29, 0.717) is 47.9 Å². The summed E-state index contributed by atoms with van der Waals surface area (Å²) in [7, 11) is 0. The number of nitrogens with zero attached hydrogens (tertiary/aromatic N) is 5. The van der Waals surface area contributed by atoms with Crippen LogP contribution in [0.15, 0.2) is 97.2 Å². The minimum atomic E-state index is -0.817. The van der Waals surface area contributed by atoms with Gasteiger partial charge in [-0.3, -0.25) is 9.59 Å². The fraction of sp³-hybridized carbons (Fsp3) is 0.188. The summed E-state index contributed by atoms with van der Waals surface area (Å²) in [5.74, 6) is -0.473. The molecule has 206 valence electrons. The van der Waals surface area contributed by atoms with Gasteiger partial charge in [-0.05, 0) is 61.7 Å². The van der Waals surface area contributed by atoms with E-state index in [9.17, 15) is 14.7 Å². The number of para-hydroxylation sites is 1. The van der Waals surface area contributed by atoms with Gasteiger partial charge in [-0.15, -0.1) is 0 Å². The van der Waals surface area contributed by atoms with Crippen molar-refractivity contribution in [3.8, 4) is 11.5 Å². The SMILES string of the molecule is Cc1cccn2c(C)c(/C(O)=C3\C(=O)C(=O)N(CCCn4ccnc4)C3c3cccc(Oc4ccccc4)c3)nc12. The number of ether oxygens (including phenoxy) is 1. The number of imidazole rings is 2. The van der Waals surface area contributed by atoms with Gasteiger partial charge in [-0.2, -0.15) is 0 Å². The molecule has 3 aromatic heterocycles. The average molecular weight is 548 g/mol. The second-order valence-electron chi connectivity index (χ2n) is 10.1. The van der Waals surface area contributed by atoms with E-state index < -0.39 is 17.7 Å². The van der Waals surface area contributed by atoms with Crippen LogP contribution in [0.4, 0.5) is 0 Å². The quantitative estimate of drug-likeness (QED) is 0.157. The van der Waals surface area contributed by atoms with Crippen LogP contribution in [0.3, 0.4) is 0 Å². The van der Waals surface area contributed by atoms with E-state index in [1.54, 1.807) is 18.6 Å². The minimum Gasteiger partial charge on any atom is -0.505 e. The number of amides is 1. The maximum atomic E-state index is 13.6. The van der Waals surface area contributed by atoms with E-state index in [1.807, 2.05) is 95.9 Å². The molecule has 1 N–H and O–H groups in total. The topological polar surface area (TPSA) is 102 Å². The molecule has 0 spiro atoms. The number of pyridine rings is 1. The number of benzene rings is 2. The van der Waals surface area contributed by atoms with Gasteiger partial charge in [0.25, 0.3) is 11.7 Å². The van der Waals surface area contributed by atoms with Crippen molar-refractivity contribution in [1.82, 2.24) is 23.8 Å². The number of aliphatic hydroxyl groups excluding tert-OH is 1. The molecular weight excluding hydrogens is 518 g/mol. The summed E-state index contributed by atoms with van der Waals surface area (Å²) in [5, 5.41) is 11.7. The Hall–Kier alpha value is -5.18. The molecule has 1 aliphatic rings. The van der Waals surface area contributed by atoms with E-state index in [4.69, 9.17) is 4.74 Å². The maximum absolute atomic E-state index is 13.6. The van der Waals surface area contributed by atoms with Gasteiger partial charge >= 0.3 is 0 Å². The molecule has 4 heterocycles. The van der Waals surface area contributed by atoms with Crippen molar-refractivity contribution in [3.63, 3.8) is 0 Å². The Bertz CT molecular complexity index is 1770. The molecule has 1 amide bonds. The molecule has 1 unspecified atom stereocenters. The van der Waals surface area contributed by atoms with Crippen molar-refractivity contribution in [1.29, 1.82) is 0 Å². The lowest BCUT2D eigenvalue weighted by Crippen LogP contribution is -2.31. The first-order chi connectivity index (χ1) is 19.9. The molecule has 1 aliphatic heterocycles. The van der Waals surface area contributed by atoms with Crippen LogP contribution in [0, 0.1) is 13.8 Å². The number of aliphatic hydroxyl groups is 1. The maximum Gasteiger partial charge on any atom is 0.295 e. The normalized spacial score (nSPS) is 16.5. The monoisotopic (exact) mass is 547 g/mol. The van der Waals surface area contributed by atoms with E-state index in [0.717, 1.165) is 5.56 Å². The number of fused-ring (bicyclic) bond motifs is 1. The molecule has 1 fully saturated rings. The summed E-state index contributed by atoms with van der Waals surface area (Å²) in [6, 6.07) is 19.7. The number of aromatic nitrogens is 4. The third-order valence-corrected chi connectivity index (χ3v) is 7.38. The summed E-state index contributed by atoms with van der Waals surface area (Å²) in [5.41, 5.74) is 3.22. The van der Waals surface area contributed by atoms with Crippen LogP contribution >= 0.6 is 0 Å². The molecule has 0 radical (unpaired) electrons. The van der Waals surface area contributed by atoms with E-state index in [2.05, 4.69) is 9.97 Å². The van der Waals surface area contributed by atoms with Crippen LogP contribution in [-0.2, 0) is 16.1 Å². The molecule has 5 aromatic rings. The largest absolute Gasteiger partial charge is 0.505 e. The smallest absolute Gasteiger partial charge is 0.295 e. The highest BCUT2D eigenvalue weighted by molar-refractivity contribution is 6.46. The highest BCUT2D eigenvalue weighted by atomic mass is 16.5. The zero-order valence-corrected chi connectivity index (χ0v) is 22.8. The lowest BCUT2D eigenvalue weighted by Gasteiger charge is -2.25. The van der Waals surface area contributed by atoms with Crippen LogP contribution in [-0.4, -0.2) is 47.2 Å². The number of hydrogen-bond acceptors (Lipinski definition) is 6. The number of carbonyl (C=O) groups excluding carboxylic acids is 2. The number of rotatable bonds is 8. The lowest BCUT2D eigenvalue weighted by molar-refractivity contribution is -0.139. The van der Waals surface area contributed by atoms with Crippen LogP contribution in [0.2, 0.25) is 0 Å². The number of aryl methyl sites for hydroxylation is 3. The molecular formula is C32H29N5O4. The third-order valence-electron chi connectivity index (χ3n) is 7.38. The lowest BCUT2D eigenvalue weighted by atomic mass is 9.96. The van der Waals surface area contributed by atoms with Crippen LogP contribution in [0.25, 0.3) is 11.4 Å². The second kappa shape index (κ2) is 10.8. The Labute approximate surface area is 237 Å². The molecule has 6 rings (SSSR count). The van der Waals surface area contributed by atoms with Crippen LogP contribution in [0.5, 0.6) is 11.5 Å². The van der Waals surface area contributed by atoms with Crippen molar-refractivity contribution in [2.45, 2.75) is 32.9 Å². The van der Waals surface area contributed by atoms with Gasteiger partial charge in [-0.25, -0.2) is 9.97 Å². The zero-order valence-electron chi connectivity index (χ0n) is 22.8. The van der Waals surface area contributed by atoms with Gasteiger partial charge in [0.2, 0.25) is 0 Å². The van der Waals surface area contributed by atoms with E-state index >= 15 is 0 Å². The van der Waals surface area contributed by atoms with Crippen molar-refractivity contribution < 1.29 is 19.4 Å². The molecule has 0 saturated carbocycles. The van der Waals surface area contributed by atoms with Gasteiger partial charge in [0.05, 0.1) is 23.6 Å². The second-order valence-corrected chi connectivity index (χ2v) is 10.1. The summed E-state index contributed by atoms with van der Waals surface area (Å²) in [6.07, 6.45) is 7.71. The average Bonchev–Trinajstić information content (AvgIpc) is 3.68. The number of likely N-dealkylation sites (tertiary alicyclic amines) is 1. The fourth-order valence-electron chi connectivity index (χ4n) is 5.35. The molecule has 0 bridgehead atoms. The number of Topliss-reactive ketones (excluding diaryl/α,β-unsaturated/α-hetero) is 1. The first-order valence-corrected chi connectivity index (χ1v) is 13.4. The summed E-state index contributed by atoms with van der Waals surface area (Å²) >= 11 is 0. The molecule has 41 heavy (non-hydrogen) atoms. The predicted octanol–water partition coefficient (Wildman–Crippen LogP) is 5.45. The first-order valence-electron chi connectivity index (χ1n) is 13.4. The Kier molecular flexibility index (Phi) is 6.84. The van der Waals surface area contributed by atoms with Crippen molar-refractivity contribution in [2.75, 3.05) is 6.54 Å². The predicted molar refractivity (Wildman–Crippen MR) is 153 cm³/mol. The fourth-order valence-corrected chi connectivity index (χ4v) is 5.35. The van der Waals surface area contributed by atoms with Crippen LogP contribution in [0.1, 0.15) is 35.0 Å². The van der Waals surface area contributed by atoms with E-state index in [-0.39, 0.29) is 17.0 Å². The molecule has 2 aromatic carbocycles. The van der Waals surface area contributed by atoms with Crippen molar-refractivity contribution >= 4 is 23.1 Å². The summed E-state index contributed by atoms with van der Waals surface area (Å²) in [4.78, 5) is 37.3. The highest BCUT2D eigenvalue weighted by Gasteiger charge is 2.46. The molecule has 0 aliphatic carbocycles. The van der Waals surface area contributed by atoms with Gasteiger partial charge in [-0.1, -0.05) is 36.4 Å². The number of ketones is 1. The molecule has 9 nitrogen and oxygen atoms in total. The third kappa shape index (κ3) is 4.86. The Morgan fingerprint density at radius 2 is 1.76 bits per heavy atom. The molecule has 1 saturated heterocycles. The highest BCUT2D eigenvalue weighted by Crippen LogP contribution is 2.41. The van der Waals surface area contributed by atoms with Crippen LogP contribution < -0.4 is 4.74 Å². The summed E-state index contributed by atoms with van der Waals surface area (Å²) < 4.78 is 9.85.